The van der Waals surface area contributed by atoms with E-state index in [2.05, 4.69) is 16.5 Å². The lowest BCUT2D eigenvalue weighted by Gasteiger charge is -2.15. The number of halogens is 1. The lowest BCUT2D eigenvalue weighted by molar-refractivity contribution is 0.665. The summed E-state index contributed by atoms with van der Waals surface area (Å²) in [5.41, 5.74) is 1.06. The van der Waals surface area contributed by atoms with Gasteiger partial charge in [-0.1, -0.05) is 30.3 Å². The lowest BCUT2D eigenvalue weighted by Crippen LogP contribution is -2.14. The van der Waals surface area contributed by atoms with Crippen molar-refractivity contribution in [3.8, 4) is 11.4 Å². The van der Waals surface area contributed by atoms with Crippen LogP contribution < -0.4 is 0 Å². The van der Waals surface area contributed by atoms with E-state index >= 15 is 0 Å². The predicted octanol–water partition coefficient (Wildman–Crippen LogP) is 3.49. The molecule has 0 aliphatic heterocycles. The van der Waals surface area contributed by atoms with Gasteiger partial charge in [0.25, 0.3) is 0 Å². The molecule has 0 N–H and O–H groups in total. The largest absolute Gasteiger partial charge is 0.296 e. The van der Waals surface area contributed by atoms with E-state index in [1.807, 2.05) is 46.7 Å². The van der Waals surface area contributed by atoms with Crippen LogP contribution in [0.2, 0.25) is 5.28 Å². The van der Waals surface area contributed by atoms with Crippen LogP contribution in [0.15, 0.2) is 30.3 Å². The minimum Gasteiger partial charge on any atom is -0.296 e. The van der Waals surface area contributed by atoms with Gasteiger partial charge in [0, 0.05) is 16.9 Å². The molecule has 0 saturated heterocycles. The maximum absolute atomic E-state index is 6.17. The van der Waals surface area contributed by atoms with Gasteiger partial charge in [0.2, 0.25) is 5.28 Å². The number of aromatic nitrogens is 3. The summed E-state index contributed by atoms with van der Waals surface area (Å²) in [5, 5.41) is 8.69. The van der Waals surface area contributed by atoms with Crippen LogP contribution in [-0.2, 0) is 6.54 Å². The van der Waals surface area contributed by atoms with Gasteiger partial charge in [0.1, 0.15) is 0 Å². The van der Waals surface area contributed by atoms with Gasteiger partial charge in [-0.25, -0.2) is 0 Å². The Balaban J connectivity index is 1.97. The standard InChI is InChI=1S/C13H14ClN3S/c1-18-13(7-8-13)9-17-11(15-16-12(17)14)10-5-3-2-4-6-10/h2-6H,7-9H2,1H3. The van der Waals surface area contributed by atoms with Crippen LogP contribution in [-0.4, -0.2) is 25.8 Å². The summed E-state index contributed by atoms with van der Waals surface area (Å²) in [6, 6.07) is 10.1. The molecule has 1 aliphatic carbocycles. The van der Waals surface area contributed by atoms with Crippen molar-refractivity contribution in [1.29, 1.82) is 0 Å². The molecular weight excluding hydrogens is 266 g/mol. The highest BCUT2D eigenvalue weighted by molar-refractivity contribution is 8.00. The Hall–Kier alpha value is -1.00. The van der Waals surface area contributed by atoms with Crippen molar-refractivity contribution >= 4 is 23.4 Å². The Morgan fingerprint density at radius 3 is 2.61 bits per heavy atom. The molecule has 0 atom stereocenters. The topological polar surface area (TPSA) is 30.7 Å². The summed E-state index contributed by atoms with van der Waals surface area (Å²) in [5.74, 6) is 0.862. The van der Waals surface area contributed by atoms with Crippen molar-refractivity contribution in [1.82, 2.24) is 14.8 Å². The molecule has 3 nitrogen and oxygen atoms in total. The van der Waals surface area contributed by atoms with Crippen LogP contribution >= 0.6 is 23.4 Å². The first-order chi connectivity index (χ1) is 8.74. The van der Waals surface area contributed by atoms with E-state index in [9.17, 15) is 0 Å². The molecule has 18 heavy (non-hydrogen) atoms. The van der Waals surface area contributed by atoms with Crippen LogP contribution in [0, 0.1) is 0 Å². The Kier molecular flexibility index (Phi) is 3.08. The fraction of sp³-hybridized carbons (Fsp3) is 0.385. The van der Waals surface area contributed by atoms with Crippen LogP contribution in [0.1, 0.15) is 12.8 Å². The minimum atomic E-state index is 0.343. The zero-order chi connectivity index (χ0) is 12.6. The summed E-state index contributed by atoms with van der Waals surface area (Å²) in [6.07, 6.45) is 4.65. The molecule has 0 unspecified atom stereocenters. The Labute approximate surface area is 116 Å². The molecule has 2 aromatic rings. The Morgan fingerprint density at radius 1 is 1.28 bits per heavy atom. The molecule has 0 bridgehead atoms. The molecular formula is C13H14ClN3S. The molecule has 0 amide bonds. The first-order valence-electron chi connectivity index (χ1n) is 5.93. The van der Waals surface area contributed by atoms with Gasteiger partial charge in [0.05, 0.1) is 0 Å². The number of hydrogen-bond donors (Lipinski definition) is 0. The van der Waals surface area contributed by atoms with Crippen LogP contribution in [0.4, 0.5) is 0 Å². The minimum absolute atomic E-state index is 0.343. The SMILES string of the molecule is CSC1(Cn2c(Cl)nnc2-c2ccccc2)CC1. The second-order valence-corrected chi connectivity index (χ2v) is 6.24. The van der Waals surface area contributed by atoms with Gasteiger partial charge in [0.15, 0.2) is 5.82 Å². The van der Waals surface area contributed by atoms with E-state index < -0.39 is 0 Å². The summed E-state index contributed by atoms with van der Waals surface area (Å²) in [6.45, 7) is 0.893. The maximum Gasteiger partial charge on any atom is 0.225 e. The molecule has 3 rings (SSSR count). The highest BCUT2D eigenvalue weighted by atomic mass is 35.5. The molecule has 1 aromatic heterocycles. The third-order valence-electron chi connectivity index (χ3n) is 3.42. The van der Waals surface area contributed by atoms with Crippen molar-refractivity contribution in [2.24, 2.45) is 0 Å². The predicted molar refractivity (Wildman–Crippen MR) is 75.9 cm³/mol. The number of thioether (sulfide) groups is 1. The molecule has 1 aliphatic rings. The van der Waals surface area contributed by atoms with Crippen LogP contribution in [0.25, 0.3) is 11.4 Å². The maximum atomic E-state index is 6.17. The molecule has 0 spiro atoms. The van der Waals surface area contributed by atoms with Crippen LogP contribution in [0.3, 0.4) is 0 Å². The second-order valence-electron chi connectivity index (χ2n) is 4.63. The molecule has 1 fully saturated rings. The van der Waals surface area contributed by atoms with Gasteiger partial charge in [-0.05, 0) is 30.7 Å². The zero-order valence-corrected chi connectivity index (χ0v) is 11.7. The van der Waals surface area contributed by atoms with Crippen molar-refractivity contribution < 1.29 is 0 Å². The van der Waals surface area contributed by atoms with Crippen LogP contribution in [0.5, 0.6) is 0 Å². The molecule has 94 valence electrons. The van der Waals surface area contributed by atoms with E-state index in [4.69, 9.17) is 11.6 Å². The van der Waals surface area contributed by atoms with Gasteiger partial charge >= 0.3 is 0 Å². The quantitative estimate of drug-likeness (QED) is 0.858. The van der Waals surface area contributed by atoms with Crippen molar-refractivity contribution in [2.75, 3.05) is 6.26 Å². The van der Waals surface area contributed by atoms with E-state index in [1.54, 1.807) is 0 Å². The van der Waals surface area contributed by atoms with Crippen molar-refractivity contribution in [3.63, 3.8) is 0 Å². The average Bonchev–Trinajstić information content (AvgIpc) is 3.10. The van der Waals surface area contributed by atoms with Crippen molar-refractivity contribution in [2.45, 2.75) is 24.1 Å². The second kappa shape index (κ2) is 4.59. The van der Waals surface area contributed by atoms with E-state index in [0.29, 0.717) is 10.0 Å². The monoisotopic (exact) mass is 279 g/mol. The third kappa shape index (κ3) is 2.15. The first-order valence-corrected chi connectivity index (χ1v) is 7.54. The molecule has 1 aromatic carbocycles. The number of rotatable bonds is 4. The van der Waals surface area contributed by atoms with E-state index in [1.165, 1.54) is 12.8 Å². The van der Waals surface area contributed by atoms with Gasteiger partial charge in [-0.3, -0.25) is 4.57 Å². The summed E-state index contributed by atoms with van der Waals surface area (Å²) >= 11 is 8.08. The first kappa shape index (κ1) is 12.1. The molecule has 5 heteroatoms. The van der Waals surface area contributed by atoms with Gasteiger partial charge < -0.3 is 0 Å². The normalized spacial score (nSPS) is 16.8. The molecule has 0 radical (unpaired) electrons. The fourth-order valence-electron chi connectivity index (χ4n) is 2.08. The third-order valence-corrected chi connectivity index (χ3v) is 5.11. The zero-order valence-electron chi connectivity index (χ0n) is 10.1. The number of hydrogen-bond acceptors (Lipinski definition) is 3. The highest BCUT2D eigenvalue weighted by Crippen LogP contribution is 2.49. The smallest absolute Gasteiger partial charge is 0.225 e. The van der Waals surface area contributed by atoms with Gasteiger partial charge in [-0.15, -0.1) is 10.2 Å². The highest BCUT2D eigenvalue weighted by Gasteiger charge is 2.43. The summed E-state index contributed by atoms with van der Waals surface area (Å²) in [7, 11) is 0. The Morgan fingerprint density at radius 2 is 2.00 bits per heavy atom. The Bertz CT molecular complexity index is 549. The fourth-order valence-corrected chi connectivity index (χ4v) is 3.03. The number of nitrogens with zero attached hydrogens (tertiary/aromatic N) is 3. The van der Waals surface area contributed by atoms with Crippen molar-refractivity contribution in [3.05, 3.63) is 35.6 Å². The van der Waals surface area contributed by atoms with E-state index in [-0.39, 0.29) is 0 Å². The van der Waals surface area contributed by atoms with E-state index in [0.717, 1.165) is 17.9 Å². The van der Waals surface area contributed by atoms with Gasteiger partial charge in [-0.2, -0.15) is 11.8 Å². The molecule has 1 saturated carbocycles. The summed E-state index contributed by atoms with van der Waals surface area (Å²) in [4.78, 5) is 0. The molecule has 1 heterocycles. The summed E-state index contributed by atoms with van der Waals surface area (Å²) < 4.78 is 2.37. The average molecular weight is 280 g/mol. The lowest BCUT2D eigenvalue weighted by atomic mass is 10.2. The number of benzene rings is 1.